The number of ether oxygens (including phenoxy) is 1. The lowest BCUT2D eigenvalue weighted by Crippen LogP contribution is -2.23. The van der Waals surface area contributed by atoms with E-state index in [1.165, 1.54) is 48.7 Å². The molecule has 1 aliphatic heterocycles. The van der Waals surface area contributed by atoms with Crippen LogP contribution in [0.1, 0.15) is 59.5 Å². The molecule has 0 spiro atoms. The van der Waals surface area contributed by atoms with Crippen LogP contribution in [0.5, 0.6) is 5.75 Å². The quantitative estimate of drug-likeness (QED) is 0.337. The zero-order valence-electron chi connectivity index (χ0n) is 19.8. The van der Waals surface area contributed by atoms with Gasteiger partial charge in [0.05, 0.1) is 18.8 Å². The first-order chi connectivity index (χ1) is 17.3. The number of carbonyl (C=O) groups excluding carboxylic acids is 1. The number of rotatable bonds is 5. The highest BCUT2D eigenvalue weighted by Crippen LogP contribution is 2.47. The van der Waals surface area contributed by atoms with Crippen molar-refractivity contribution in [3.63, 3.8) is 0 Å². The lowest BCUT2D eigenvalue weighted by molar-refractivity contribution is 0.0233. The second-order valence-corrected chi connectivity index (χ2v) is 9.53. The molecule has 0 radical (unpaired) electrons. The van der Waals surface area contributed by atoms with Gasteiger partial charge in [-0.2, -0.15) is 0 Å². The molecule has 4 aromatic rings. The molecule has 1 saturated carbocycles. The Kier molecular flexibility index (Phi) is 6.01. The van der Waals surface area contributed by atoms with Gasteiger partial charge in [0.25, 0.3) is 5.91 Å². The van der Waals surface area contributed by atoms with Crippen molar-refractivity contribution in [3.05, 3.63) is 89.5 Å². The molecule has 0 bridgehead atoms. The standard InChI is InChI=1S/C30H30N2O3/c33-30(31-35-20-21-9-3-1-4-10-21)23-15-16-24-26(19-23)32-17-18-34-27-14-8-7-13-25(27)29(32)28(24)22-11-5-2-6-12-22/h1,3-4,7-10,13-16,19,22H,2,5-6,11-12,17-18,20H2,(H,31,33). The van der Waals surface area contributed by atoms with Gasteiger partial charge in [-0.3, -0.25) is 9.63 Å². The number of benzene rings is 3. The summed E-state index contributed by atoms with van der Waals surface area (Å²) in [5, 5.41) is 1.25. The van der Waals surface area contributed by atoms with Gasteiger partial charge in [0.2, 0.25) is 0 Å². The van der Waals surface area contributed by atoms with E-state index in [4.69, 9.17) is 9.57 Å². The molecule has 178 valence electrons. The van der Waals surface area contributed by atoms with E-state index in [0.717, 1.165) is 28.9 Å². The maximum absolute atomic E-state index is 13.0. The Morgan fingerprint density at radius 3 is 2.63 bits per heavy atom. The molecular formula is C30H30N2O3. The minimum Gasteiger partial charge on any atom is -0.491 e. The molecule has 3 aromatic carbocycles. The molecule has 2 aliphatic rings. The van der Waals surface area contributed by atoms with E-state index in [1.54, 1.807) is 0 Å². The molecule has 2 heterocycles. The molecule has 1 amide bonds. The summed E-state index contributed by atoms with van der Waals surface area (Å²) in [6, 6.07) is 24.3. The van der Waals surface area contributed by atoms with Crippen molar-refractivity contribution in [3.8, 4) is 17.0 Å². The van der Waals surface area contributed by atoms with Crippen LogP contribution in [-0.4, -0.2) is 17.1 Å². The summed E-state index contributed by atoms with van der Waals surface area (Å²) in [4.78, 5) is 18.5. The Balaban J connectivity index is 1.38. The fourth-order valence-electron chi connectivity index (χ4n) is 5.70. The van der Waals surface area contributed by atoms with Crippen LogP contribution >= 0.6 is 0 Å². The third-order valence-corrected chi connectivity index (χ3v) is 7.34. The van der Waals surface area contributed by atoms with Crippen LogP contribution < -0.4 is 10.2 Å². The minimum absolute atomic E-state index is 0.233. The number of fused-ring (bicyclic) bond motifs is 5. The summed E-state index contributed by atoms with van der Waals surface area (Å²) in [6.45, 7) is 1.69. The average Bonchev–Trinajstić information content (AvgIpc) is 3.10. The number of hydroxylamine groups is 1. The zero-order chi connectivity index (χ0) is 23.6. The van der Waals surface area contributed by atoms with Gasteiger partial charge in [0, 0.05) is 22.0 Å². The van der Waals surface area contributed by atoms with Gasteiger partial charge in [-0.15, -0.1) is 0 Å². The predicted molar refractivity (Wildman–Crippen MR) is 137 cm³/mol. The van der Waals surface area contributed by atoms with Crippen molar-refractivity contribution in [1.82, 2.24) is 10.0 Å². The Morgan fingerprint density at radius 1 is 0.971 bits per heavy atom. The highest BCUT2D eigenvalue weighted by Gasteiger charge is 2.29. The molecule has 1 aliphatic carbocycles. The fraction of sp³-hybridized carbons (Fsp3) is 0.300. The van der Waals surface area contributed by atoms with Gasteiger partial charge in [-0.05, 0) is 54.2 Å². The number of aromatic nitrogens is 1. The molecule has 1 fully saturated rings. The molecule has 0 atom stereocenters. The number of carbonyl (C=O) groups is 1. The molecule has 5 heteroatoms. The van der Waals surface area contributed by atoms with Gasteiger partial charge < -0.3 is 9.30 Å². The van der Waals surface area contributed by atoms with Crippen LogP contribution in [0, 0.1) is 0 Å². The van der Waals surface area contributed by atoms with Crippen LogP contribution in [0.3, 0.4) is 0 Å². The van der Waals surface area contributed by atoms with Crippen LogP contribution in [0.25, 0.3) is 22.2 Å². The molecule has 0 unspecified atom stereocenters. The Bertz CT molecular complexity index is 1350. The second kappa shape index (κ2) is 9.59. The Hall–Kier alpha value is -3.57. The average molecular weight is 467 g/mol. The largest absolute Gasteiger partial charge is 0.491 e. The maximum Gasteiger partial charge on any atom is 0.274 e. The smallest absolute Gasteiger partial charge is 0.274 e. The summed E-state index contributed by atoms with van der Waals surface area (Å²) in [7, 11) is 0. The first kappa shape index (κ1) is 21.9. The Morgan fingerprint density at radius 2 is 1.77 bits per heavy atom. The molecule has 0 saturated heterocycles. The van der Waals surface area contributed by atoms with Crippen LogP contribution in [-0.2, 0) is 18.0 Å². The normalized spacial score (nSPS) is 15.7. The minimum atomic E-state index is -0.233. The van der Waals surface area contributed by atoms with E-state index < -0.39 is 0 Å². The molecule has 5 nitrogen and oxygen atoms in total. The van der Waals surface area contributed by atoms with Crippen molar-refractivity contribution in [2.45, 2.75) is 51.2 Å². The number of nitrogens with one attached hydrogen (secondary N) is 1. The third-order valence-electron chi connectivity index (χ3n) is 7.34. The summed E-state index contributed by atoms with van der Waals surface area (Å²) in [5.74, 6) is 1.24. The van der Waals surface area contributed by atoms with Gasteiger partial charge in [0.1, 0.15) is 12.4 Å². The summed E-state index contributed by atoms with van der Waals surface area (Å²) in [6.07, 6.45) is 6.29. The highest BCUT2D eigenvalue weighted by molar-refractivity contribution is 6.00. The van der Waals surface area contributed by atoms with Crippen molar-refractivity contribution in [1.29, 1.82) is 0 Å². The molecule has 1 aromatic heterocycles. The fourth-order valence-corrected chi connectivity index (χ4v) is 5.70. The molecular weight excluding hydrogens is 436 g/mol. The maximum atomic E-state index is 13.0. The van der Waals surface area contributed by atoms with Crippen molar-refractivity contribution < 1.29 is 14.4 Å². The number of amides is 1. The summed E-state index contributed by atoms with van der Waals surface area (Å²) in [5.41, 5.74) is 9.15. The second-order valence-electron chi connectivity index (χ2n) is 9.53. The van der Waals surface area contributed by atoms with Crippen LogP contribution in [0.15, 0.2) is 72.8 Å². The van der Waals surface area contributed by atoms with Crippen LogP contribution in [0.4, 0.5) is 0 Å². The first-order valence-electron chi connectivity index (χ1n) is 12.6. The monoisotopic (exact) mass is 466 g/mol. The van der Waals surface area contributed by atoms with Crippen LogP contribution in [0.2, 0.25) is 0 Å². The van der Waals surface area contributed by atoms with Crippen molar-refractivity contribution >= 4 is 16.8 Å². The van der Waals surface area contributed by atoms with E-state index in [9.17, 15) is 4.79 Å². The number of para-hydroxylation sites is 1. The molecule has 35 heavy (non-hydrogen) atoms. The van der Waals surface area contributed by atoms with Crippen molar-refractivity contribution in [2.75, 3.05) is 6.61 Å². The number of hydrogen-bond donors (Lipinski definition) is 1. The lowest BCUT2D eigenvalue weighted by atomic mass is 9.81. The molecule has 6 rings (SSSR count). The zero-order valence-corrected chi connectivity index (χ0v) is 19.8. The summed E-state index contributed by atoms with van der Waals surface area (Å²) < 4.78 is 8.50. The third kappa shape index (κ3) is 4.21. The SMILES string of the molecule is O=C(NOCc1ccccc1)c1ccc2c(C3CCCCC3)c3n(c2c1)CCOc1ccccc1-3. The lowest BCUT2D eigenvalue weighted by Gasteiger charge is -2.23. The topological polar surface area (TPSA) is 52.5 Å². The number of nitrogens with zero attached hydrogens (tertiary/aromatic N) is 1. The van der Waals surface area contributed by atoms with E-state index in [0.29, 0.717) is 24.7 Å². The van der Waals surface area contributed by atoms with Crippen molar-refractivity contribution in [2.24, 2.45) is 0 Å². The van der Waals surface area contributed by atoms with E-state index in [1.807, 2.05) is 48.5 Å². The Labute approximate surface area is 205 Å². The van der Waals surface area contributed by atoms with Gasteiger partial charge in [-0.25, -0.2) is 5.48 Å². The summed E-state index contributed by atoms with van der Waals surface area (Å²) >= 11 is 0. The first-order valence-corrected chi connectivity index (χ1v) is 12.6. The van der Waals surface area contributed by atoms with E-state index >= 15 is 0 Å². The van der Waals surface area contributed by atoms with E-state index in [-0.39, 0.29) is 5.91 Å². The highest BCUT2D eigenvalue weighted by atomic mass is 16.6. The predicted octanol–water partition coefficient (Wildman–Crippen LogP) is 6.61. The number of hydrogen-bond acceptors (Lipinski definition) is 3. The molecule has 1 N–H and O–H groups in total. The van der Waals surface area contributed by atoms with Gasteiger partial charge in [0.15, 0.2) is 0 Å². The van der Waals surface area contributed by atoms with E-state index in [2.05, 4.69) is 34.3 Å². The van der Waals surface area contributed by atoms with Gasteiger partial charge in [-0.1, -0.05) is 67.8 Å². The van der Waals surface area contributed by atoms with Gasteiger partial charge >= 0.3 is 0 Å².